The Bertz CT molecular complexity index is 1130. The van der Waals surface area contributed by atoms with Crippen LogP contribution in [0.15, 0.2) is 23.1 Å². The Hall–Kier alpha value is -1.95. The van der Waals surface area contributed by atoms with Crippen molar-refractivity contribution in [2.75, 3.05) is 39.4 Å². The lowest BCUT2D eigenvalue weighted by atomic mass is 10.3. The maximum Gasteiger partial charge on any atom is 0.243 e. The molecule has 1 aromatic heterocycles. The third-order valence-corrected chi connectivity index (χ3v) is 8.35. The summed E-state index contributed by atoms with van der Waals surface area (Å²) in [5.41, 5.74) is 0. The fourth-order valence-electron chi connectivity index (χ4n) is 4.12. The topological polar surface area (TPSA) is 81.8 Å². The molecule has 31 heavy (non-hydrogen) atoms. The minimum absolute atomic E-state index is 0.239. The van der Waals surface area contributed by atoms with Crippen molar-refractivity contribution in [2.45, 2.75) is 43.8 Å². The van der Waals surface area contributed by atoms with Gasteiger partial charge < -0.3 is 14.0 Å². The Labute approximate surface area is 187 Å². The van der Waals surface area contributed by atoms with Gasteiger partial charge in [-0.15, -0.1) is 0 Å². The van der Waals surface area contributed by atoms with Crippen LogP contribution < -0.4 is 9.47 Å². The molecule has 2 aliphatic heterocycles. The monoisotopic (exact) mass is 465 g/mol. The zero-order chi connectivity index (χ0) is 21.6. The highest BCUT2D eigenvalue weighted by Gasteiger charge is 2.32. The average Bonchev–Trinajstić information content (AvgIpc) is 3.59. The Kier molecular flexibility index (Phi) is 5.53. The quantitative estimate of drug-likeness (QED) is 0.604. The number of nitrogens with zero attached hydrogens (tertiary/aromatic N) is 5. The van der Waals surface area contributed by atoms with E-state index in [0.29, 0.717) is 63.5 Å². The van der Waals surface area contributed by atoms with Gasteiger partial charge in [0.15, 0.2) is 16.3 Å². The number of rotatable bonds is 6. The molecule has 1 aromatic carbocycles. The Balaban J connectivity index is 1.26. The number of benzene rings is 1. The molecule has 0 unspecified atom stereocenters. The number of hydrogen-bond donors (Lipinski definition) is 0. The second kappa shape index (κ2) is 8.19. The molecule has 0 atom stereocenters. The van der Waals surface area contributed by atoms with E-state index in [0.717, 1.165) is 17.1 Å². The summed E-state index contributed by atoms with van der Waals surface area (Å²) >= 11 is 5.63. The van der Waals surface area contributed by atoms with E-state index in [-0.39, 0.29) is 4.90 Å². The lowest BCUT2D eigenvalue weighted by Crippen LogP contribution is -2.49. The van der Waals surface area contributed by atoms with Gasteiger partial charge in [-0.05, 0) is 44.1 Å². The number of sulfonamides is 1. The van der Waals surface area contributed by atoms with Crippen LogP contribution in [0.4, 0.5) is 0 Å². The maximum absolute atomic E-state index is 13.1. The smallest absolute Gasteiger partial charge is 0.243 e. The first-order chi connectivity index (χ1) is 15.0. The minimum atomic E-state index is -3.59. The maximum atomic E-state index is 13.1. The molecule has 0 bridgehead atoms. The van der Waals surface area contributed by atoms with Crippen molar-refractivity contribution in [2.24, 2.45) is 0 Å². The summed E-state index contributed by atoms with van der Waals surface area (Å²) in [6, 6.07) is 4.82. The van der Waals surface area contributed by atoms with Gasteiger partial charge in [-0.3, -0.25) is 4.90 Å². The second-order valence-electron chi connectivity index (χ2n) is 8.13. The first kappa shape index (κ1) is 20.9. The molecule has 1 saturated heterocycles. The fourth-order valence-corrected chi connectivity index (χ4v) is 5.88. The lowest BCUT2D eigenvalue weighted by Gasteiger charge is -2.33. The first-order valence-corrected chi connectivity index (χ1v) is 12.6. The average molecular weight is 466 g/mol. The second-order valence-corrected chi connectivity index (χ2v) is 10.4. The summed E-state index contributed by atoms with van der Waals surface area (Å²) in [4.78, 5) is 2.44. The molecule has 0 amide bonds. The predicted molar refractivity (Wildman–Crippen MR) is 116 cm³/mol. The molecule has 11 heteroatoms. The van der Waals surface area contributed by atoms with Crippen LogP contribution >= 0.6 is 12.2 Å². The molecule has 3 heterocycles. The van der Waals surface area contributed by atoms with Crippen molar-refractivity contribution in [3.05, 3.63) is 28.8 Å². The number of hydrogen-bond acceptors (Lipinski definition) is 7. The van der Waals surface area contributed by atoms with Crippen LogP contribution in [0.5, 0.6) is 11.5 Å². The van der Waals surface area contributed by atoms with Gasteiger partial charge in [0.05, 0.1) is 11.6 Å². The number of ether oxygens (including phenoxy) is 2. The van der Waals surface area contributed by atoms with Crippen LogP contribution in [-0.2, 0) is 23.2 Å². The Morgan fingerprint density at radius 3 is 2.48 bits per heavy atom. The summed E-state index contributed by atoms with van der Waals surface area (Å²) < 4.78 is 43.6. The van der Waals surface area contributed by atoms with Gasteiger partial charge >= 0.3 is 0 Å². The first-order valence-electron chi connectivity index (χ1n) is 10.8. The van der Waals surface area contributed by atoms with E-state index in [4.69, 9.17) is 26.8 Å². The van der Waals surface area contributed by atoms with Gasteiger partial charge in [0.25, 0.3) is 0 Å². The fraction of sp³-hybridized carbons (Fsp3) is 0.600. The third kappa shape index (κ3) is 3.99. The summed E-state index contributed by atoms with van der Waals surface area (Å²) in [7, 11) is -3.59. The van der Waals surface area contributed by atoms with E-state index in [9.17, 15) is 8.42 Å². The molecule has 2 aromatic rings. The molecule has 0 spiro atoms. The molecular formula is C20H27N5O4S2. The van der Waals surface area contributed by atoms with Crippen LogP contribution in [0, 0.1) is 4.77 Å². The van der Waals surface area contributed by atoms with Gasteiger partial charge in [0.2, 0.25) is 10.0 Å². The summed E-state index contributed by atoms with van der Waals surface area (Å²) in [6.07, 6.45) is 2.37. The van der Waals surface area contributed by atoms with Crippen molar-refractivity contribution in [1.29, 1.82) is 0 Å². The van der Waals surface area contributed by atoms with Crippen LogP contribution in [0.3, 0.4) is 0 Å². The van der Waals surface area contributed by atoms with E-state index in [1.54, 1.807) is 18.2 Å². The van der Waals surface area contributed by atoms with E-state index < -0.39 is 10.0 Å². The van der Waals surface area contributed by atoms with E-state index in [1.165, 1.54) is 17.1 Å². The zero-order valence-electron chi connectivity index (χ0n) is 17.6. The molecule has 1 saturated carbocycles. The molecular weight excluding hydrogens is 438 g/mol. The molecule has 168 valence electrons. The predicted octanol–water partition coefficient (Wildman–Crippen LogP) is 2.05. The van der Waals surface area contributed by atoms with Crippen LogP contribution in [-0.4, -0.2) is 71.4 Å². The number of piperazine rings is 1. The zero-order valence-corrected chi connectivity index (χ0v) is 19.2. The highest BCUT2D eigenvalue weighted by atomic mass is 32.2. The molecule has 2 fully saturated rings. The molecule has 3 aliphatic rings. The lowest BCUT2D eigenvalue weighted by molar-refractivity contribution is 0.144. The van der Waals surface area contributed by atoms with Gasteiger partial charge in [0.1, 0.15) is 19.0 Å². The van der Waals surface area contributed by atoms with Crippen LogP contribution in [0.25, 0.3) is 0 Å². The van der Waals surface area contributed by atoms with Crippen molar-refractivity contribution in [3.8, 4) is 11.5 Å². The summed E-state index contributed by atoms with van der Waals surface area (Å²) in [5.74, 6) is 2.70. The Morgan fingerprint density at radius 2 is 1.81 bits per heavy atom. The summed E-state index contributed by atoms with van der Waals surface area (Å²) in [6.45, 7) is 6.51. The highest BCUT2D eigenvalue weighted by Crippen LogP contribution is 2.39. The number of aromatic nitrogens is 3. The van der Waals surface area contributed by atoms with E-state index >= 15 is 0 Å². The largest absolute Gasteiger partial charge is 0.486 e. The number of fused-ring (bicyclic) bond motifs is 1. The molecule has 5 rings (SSSR count). The third-order valence-electron chi connectivity index (χ3n) is 6.03. The minimum Gasteiger partial charge on any atom is -0.486 e. The molecule has 0 N–H and O–H groups in total. The van der Waals surface area contributed by atoms with Crippen molar-refractivity contribution in [3.63, 3.8) is 0 Å². The molecule has 1 aliphatic carbocycles. The standard InChI is InChI=1S/C20H27N5O4S2/c1-2-24-19(15-3-4-15)21-25(20(24)30)14-22-7-9-23(10-8-22)31(26,27)16-5-6-17-18(13-16)29-12-11-28-17/h5-6,13,15H,2-4,7-12,14H2,1H3. The Morgan fingerprint density at radius 1 is 1.10 bits per heavy atom. The van der Waals surface area contributed by atoms with Crippen molar-refractivity contribution < 1.29 is 17.9 Å². The van der Waals surface area contributed by atoms with E-state index in [2.05, 4.69) is 16.4 Å². The molecule has 0 radical (unpaired) electrons. The summed E-state index contributed by atoms with van der Waals surface area (Å²) in [5, 5.41) is 4.77. The normalized spacial score (nSPS) is 20.2. The van der Waals surface area contributed by atoms with Crippen molar-refractivity contribution >= 4 is 22.2 Å². The highest BCUT2D eigenvalue weighted by molar-refractivity contribution is 7.89. The SMILES string of the molecule is CCn1c(C2CC2)nn(CN2CCN(S(=O)(=O)c3ccc4c(c3)OCCO4)CC2)c1=S. The van der Waals surface area contributed by atoms with Gasteiger partial charge in [-0.2, -0.15) is 9.40 Å². The van der Waals surface area contributed by atoms with Crippen LogP contribution in [0.2, 0.25) is 0 Å². The van der Waals surface area contributed by atoms with Gasteiger partial charge in [0, 0.05) is 44.7 Å². The van der Waals surface area contributed by atoms with Gasteiger partial charge in [-0.1, -0.05) is 0 Å². The van der Waals surface area contributed by atoms with Crippen molar-refractivity contribution in [1.82, 2.24) is 23.6 Å². The van der Waals surface area contributed by atoms with Gasteiger partial charge in [-0.25, -0.2) is 13.1 Å². The molecule has 9 nitrogen and oxygen atoms in total. The van der Waals surface area contributed by atoms with E-state index in [1.807, 2.05) is 4.68 Å². The van der Waals surface area contributed by atoms with Crippen LogP contribution in [0.1, 0.15) is 31.5 Å².